The number of morpholine rings is 1. The summed E-state index contributed by atoms with van der Waals surface area (Å²) in [4.78, 5) is 39.5. The number of dihydropyridines is 1. The number of likely N-dealkylation sites (N-methyl/N-ethyl adjacent to an activating group) is 1. The summed E-state index contributed by atoms with van der Waals surface area (Å²) < 4.78 is 49.1. The molecule has 1 aromatic heterocycles. The minimum absolute atomic E-state index is 0.0501. The Bertz CT molecular complexity index is 1410. The number of hydrogen-bond donors (Lipinski definition) is 1. The van der Waals surface area contributed by atoms with Gasteiger partial charge >= 0.3 is 0 Å². The number of ether oxygens (including phenoxy) is 1. The van der Waals surface area contributed by atoms with Gasteiger partial charge in [0.1, 0.15) is 17.6 Å². The molecule has 2 aromatic rings. The normalized spacial score (nSPS) is 26.6. The van der Waals surface area contributed by atoms with Gasteiger partial charge in [-0.25, -0.2) is 23.1 Å². The number of anilines is 3. The quantitative estimate of drug-likeness (QED) is 0.528. The molecule has 12 heteroatoms. The summed E-state index contributed by atoms with van der Waals surface area (Å²) in [6.07, 6.45) is 0.290. The summed E-state index contributed by atoms with van der Waals surface area (Å²) in [5.74, 6) is -2.84. The Balaban J connectivity index is 1.50. The molecular formula is C31H37F3N6O3. The van der Waals surface area contributed by atoms with Crippen LogP contribution in [0.2, 0.25) is 0 Å². The SMILES string of the molecule is C[C@@H]1CN(c2ccc(-c3cc(NC(=O)C4C=NC(=O)C=C4C(F)F)c(N4C[C@@H](C)N(C)[C@@H](C)C4)cc3F)cn2)C[C@H](C)O1. The summed E-state index contributed by atoms with van der Waals surface area (Å²) in [6, 6.07) is 6.77. The van der Waals surface area contributed by atoms with Gasteiger partial charge in [-0.1, -0.05) is 0 Å². The number of carbonyl (C=O) groups excluding carboxylic acids is 2. The first-order chi connectivity index (χ1) is 20.4. The van der Waals surface area contributed by atoms with E-state index in [-0.39, 0.29) is 35.5 Å². The largest absolute Gasteiger partial charge is 0.372 e. The zero-order valence-corrected chi connectivity index (χ0v) is 24.9. The number of nitrogens with one attached hydrogen (secondary N) is 1. The molecule has 0 aliphatic carbocycles. The van der Waals surface area contributed by atoms with Crippen molar-refractivity contribution >= 4 is 35.2 Å². The third-order valence-corrected chi connectivity index (χ3v) is 8.38. The third-order valence-electron chi connectivity index (χ3n) is 8.38. The minimum atomic E-state index is -3.02. The molecule has 9 nitrogen and oxygen atoms in total. The van der Waals surface area contributed by atoms with Gasteiger partial charge in [0.2, 0.25) is 5.91 Å². The molecule has 3 aliphatic heterocycles. The summed E-state index contributed by atoms with van der Waals surface area (Å²) in [5, 5.41) is 2.75. The zero-order chi connectivity index (χ0) is 31.0. The molecule has 0 spiro atoms. The highest BCUT2D eigenvalue weighted by molar-refractivity contribution is 6.11. The maximum atomic E-state index is 15.8. The molecule has 0 saturated carbocycles. The molecule has 2 amide bonds. The van der Waals surface area contributed by atoms with E-state index in [1.165, 1.54) is 12.1 Å². The molecule has 0 bridgehead atoms. The standard InChI is InChI=1S/C31H37F3N6O3/c1-17-13-39(14-18(2)38(17)5)27-10-25(32)22(21-6-7-28(35-11-21)40-15-19(3)43-20(4)16-40)8-26(27)37-31(42)24-12-36-29(41)9-23(24)30(33)34/h6-12,17-20,24,30H,13-16H2,1-5H3,(H,37,42)/t17-,18+,19-,20+,24?. The lowest BCUT2D eigenvalue weighted by atomic mass is 9.96. The van der Waals surface area contributed by atoms with Crippen LogP contribution in [-0.2, 0) is 14.3 Å². The smallest absolute Gasteiger partial charge is 0.269 e. The van der Waals surface area contributed by atoms with Crippen LogP contribution in [-0.4, -0.2) is 91.9 Å². The van der Waals surface area contributed by atoms with Crippen LogP contribution in [0.5, 0.6) is 0 Å². The molecule has 43 heavy (non-hydrogen) atoms. The van der Waals surface area contributed by atoms with Crippen molar-refractivity contribution < 1.29 is 27.5 Å². The number of rotatable bonds is 6. The first-order valence-corrected chi connectivity index (χ1v) is 14.5. The summed E-state index contributed by atoms with van der Waals surface area (Å²) in [6.45, 7) is 10.6. The summed E-state index contributed by atoms with van der Waals surface area (Å²) in [7, 11) is 2.02. The van der Waals surface area contributed by atoms with Crippen LogP contribution in [0.25, 0.3) is 11.1 Å². The van der Waals surface area contributed by atoms with E-state index in [9.17, 15) is 18.4 Å². The van der Waals surface area contributed by atoms with E-state index >= 15 is 4.39 Å². The number of alkyl halides is 2. The second kappa shape index (κ2) is 12.5. The van der Waals surface area contributed by atoms with E-state index in [1.807, 2.05) is 31.9 Å². The molecule has 1 N–H and O–H groups in total. The Kier molecular flexibility index (Phi) is 8.89. The van der Waals surface area contributed by atoms with Crippen molar-refractivity contribution in [2.45, 2.75) is 58.4 Å². The number of aromatic nitrogens is 1. The number of hydrogen-bond acceptors (Lipinski definition) is 7. The maximum absolute atomic E-state index is 15.8. The minimum Gasteiger partial charge on any atom is -0.372 e. The van der Waals surface area contributed by atoms with Crippen molar-refractivity contribution in [1.82, 2.24) is 9.88 Å². The second-order valence-corrected chi connectivity index (χ2v) is 11.7. The Morgan fingerprint density at radius 3 is 2.30 bits per heavy atom. The van der Waals surface area contributed by atoms with Crippen molar-refractivity contribution in [3.63, 3.8) is 0 Å². The van der Waals surface area contributed by atoms with Crippen molar-refractivity contribution in [3.05, 3.63) is 47.9 Å². The van der Waals surface area contributed by atoms with E-state index in [0.717, 1.165) is 12.0 Å². The van der Waals surface area contributed by atoms with Gasteiger partial charge < -0.3 is 19.9 Å². The molecule has 1 unspecified atom stereocenters. The van der Waals surface area contributed by atoms with Gasteiger partial charge in [0.15, 0.2) is 0 Å². The van der Waals surface area contributed by atoms with Gasteiger partial charge in [0.05, 0.1) is 23.6 Å². The number of amides is 2. The van der Waals surface area contributed by atoms with Gasteiger partial charge in [-0.2, -0.15) is 0 Å². The van der Waals surface area contributed by atoms with Crippen molar-refractivity contribution in [2.75, 3.05) is 48.3 Å². The maximum Gasteiger partial charge on any atom is 0.269 e. The molecule has 2 fully saturated rings. The predicted molar refractivity (Wildman–Crippen MR) is 160 cm³/mol. The average molecular weight is 599 g/mol. The lowest BCUT2D eigenvalue weighted by molar-refractivity contribution is -0.117. The van der Waals surface area contributed by atoms with E-state index in [1.54, 1.807) is 12.3 Å². The van der Waals surface area contributed by atoms with Crippen molar-refractivity contribution in [3.8, 4) is 11.1 Å². The predicted octanol–water partition coefficient (Wildman–Crippen LogP) is 4.39. The monoisotopic (exact) mass is 598 g/mol. The molecule has 1 aromatic carbocycles. The van der Waals surface area contributed by atoms with E-state index in [4.69, 9.17) is 4.74 Å². The molecule has 230 valence electrons. The zero-order valence-electron chi connectivity index (χ0n) is 24.9. The molecule has 2 saturated heterocycles. The molecule has 5 rings (SSSR count). The molecule has 4 heterocycles. The summed E-state index contributed by atoms with van der Waals surface area (Å²) in [5.41, 5.74) is 0.775. The number of piperazine rings is 1. The number of benzene rings is 1. The van der Waals surface area contributed by atoms with Gasteiger partial charge in [-0.15, -0.1) is 0 Å². The lowest BCUT2D eigenvalue weighted by Gasteiger charge is -2.44. The molecular weight excluding hydrogens is 561 g/mol. The average Bonchev–Trinajstić information content (AvgIpc) is 2.95. The highest BCUT2D eigenvalue weighted by atomic mass is 19.3. The second-order valence-electron chi connectivity index (χ2n) is 11.7. The number of halogens is 3. The topological polar surface area (TPSA) is 90.4 Å². The fraction of sp³-hybridized carbons (Fsp3) is 0.484. The fourth-order valence-electron chi connectivity index (χ4n) is 5.98. The van der Waals surface area contributed by atoms with Gasteiger partial charge in [-0.3, -0.25) is 14.5 Å². The number of carbonyl (C=O) groups is 2. The van der Waals surface area contributed by atoms with Crippen LogP contribution in [0, 0.1) is 11.7 Å². The van der Waals surface area contributed by atoms with Crippen LogP contribution < -0.4 is 15.1 Å². The fourth-order valence-corrected chi connectivity index (χ4v) is 5.98. The van der Waals surface area contributed by atoms with Crippen molar-refractivity contribution in [2.24, 2.45) is 10.9 Å². The number of aliphatic imine (C=N–C) groups is 1. The first-order valence-electron chi connectivity index (χ1n) is 14.5. The van der Waals surface area contributed by atoms with Crippen LogP contribution in [0.4, 0.5) is 30.4 Å². The van der Waals surface area contributed by atoms with Crippen molar-refractivity contribution in [1.29, 1.82) is 0 Å². The Morgan fingerprint density at radius 2 is 1.70 bits per heavy atom. The first kappa shape index (κ1) is 30.7. The Labute approximate surface area is 249 Å². The van der Waals surface area contributed by atoms with Crippen LogP contribution >= 0.6 is 0 Å². The number of nitrogens with zero attached hydrogens (tertiary/aromatic N) is 5. The highest BCUT2D eigenvalue weighted by Crippen LogP contribution is 2.37. The van der Waals surface area contributed by atoms with Gasteiger partial charge in [0.25, 0.3) is 12.3 Å². The highest BCUT2D eigenvalue weighted by Gasteiger charge is 2.33. The summed E-state index contributed by atoms with van der Waals surface area (Å²) >= 11 is 0. The molecule has 3 aliphatic rings. The molecule has 0 radical (unpaired) electrons. The van der Waals surface area contributed by atoms with Gasteiger partial charge in [-0.05, 0) is 59.0 Å². The van der Waals surface area contributed by atoms with E-state index < -0.39 is 35.5 Å². The van der Waals surface area contributed by atoms with Crippen LogP contribution in [0.1, 0.15) is 27.7 Å². The Hall–Kier alpha value is -3.77. The van der Waals surface area contributed by atoms with Crippen LogP contribution in [0.3, 0.4) is 0 Å². The van der Waals surface area contributed by atoms with Gasteiger partial charge in [0, 0.05) is 73.5 Å². The lowest BCUT2D eigenvalue weighted by Crippen LogP contribution is -2.55. The van der Waals surface area contributed by atoms with E-state index in [2.05, 4.69) is 38.9 Å². The molecule has 5 atom stereocenters. The Morgan fingerprint density at radius 1 is 1.02 bits per heavy atom. The van der Waals surface area contributed by atoms with E-state index in [0.29, 0.717) is 43.5 Å². The number of pyridine rings is 1. The third kappa shape index (κ3) is 6.59. The van der Waals surface area contributed by atoms with Crippen LogP contribution in [0.15, 0.2) is 47.1 Å².